The van der Waals surface area contributed by atoms with Crippen LogP contribution in [-0.4, -0.2) is 76.8 Å². The Morgan fingerprint density at radius 3 is 2.60 bits per heavy atom. The molecular formula is C18H26N4O3. The average molecular weight is 346 g/mol. The van der Waals surface area contributed by atoms with Crippen molar-refractivity contribution in [2.45, 2.75) is 32.2 Å². The van der Waals surface area contributed by atoms with Gasteiger partial charge in [-0.2, -0.15) is 0 Å². The third-order valence-electron chi connectivity index (χ3n) is 5.19. The minimum Gasteiger partial charge on any atom is -0.339 e. The molecule has 3 heterocycles. The van der Waals surface area contributed by atoms with Gasteiger partial charge in [-0.25, -0.2) is 0 Å². The van der Waals surface area contributed by atoms with Crippen molar-refractivity contribution in [2.24, 2.45) is 0 Å². The molecule has 2 fully saturated rings. The second-order valence-corrected chi connectivity index (χ2v) is 6.91. The highest BCUT2D eigenvalue weighted by molar-refractivity contribution is 5.93. The van der Waals surface area contributed by atoms with Gasteiger partial charge in [0, 0.05) is 45.0 Å². The first kappa shape index (κ1) is 17.7. The zero-order valence-electron chi connectivity index (χ0n) is 14.7. The molecule has 136 valence electrons. The lowest BCUT2D eigenvalue weighted by Crippen LogP contribution is -2.53. The highest BCUT2D eigenvalue weighted by atomic mass is 16.2. The van der Waals surface area contributed by atoms with E-state index < -0.39 is 0 Å². The molecule has 1 atom stereocenters. The Morgan fingerprint density at radius 2 is 1.92 bits per heavy atom. The Kier molecular flexibility index (Phi) is 5.53. The minimum absolute atomic E-state index is 0.175. The molecule has 1 N–H and O–H groups in total. The van der Waals surface area contributed by atoms with Crippen molar-refractivity contribution in [3.8, 4) is 0 Å². The fourth-order valence-electron chi connectivity index (χ4n) is 3.62. The number of hydrogen-bond acceptors (Lipinski definition) is 4. The van der Waals surface area contributed by atoms with E-state index in [2.05, 4.69) is 16.8 Å². The zero-order valence-corrected chi connectivity index (χ0v) is 14.7. The summed E-state index contributed by atoms with van der Waals surface area (Å²) in [5, 5.41) is 0. The lowest BCUT2D eigenvalue weighted by molar-refractivity contribution is -0.136. The van der Waals surface area contributed by atoms with Gasteiger partial charge in [0.2, 0.25) is 5.91 Å². The topological polar surface area (TPSA) is 76.7 Å². The maximum Gasteiger partial charge on any atom is 0.260 e. The summed E-state index contributed by atoms with van der Waals surface area (Å²) in [7, 11) is 0. The Balaban J connectivity index is 1.52. The predicted molar refractivity (Wildman–Crippen MR) is 94.4 cm³/mol. The van der Waals surface area contributed by atoms with Gasteiger partial charge in [-0.1, -0.05) is 0 Å². The van der Waals surface area contributed by atoms with Gasteiger partial charge >= 0.3 is 0 Å². The number of carbonyl (C=O) groups excluding carboxylic acids is 2. The smallest absolute Gasteiger partial charge is 0.260 e. The van der Waals surface area contributed by atoms with Gasteiger partial charge in [0.15, 0.2) is 0 Å². The molecule has 7 nitrogen and oxygen atoms in total. The largest absolute Gasteiger partial charge is 0.339 e. The van der Waals surface area contributed by atoms with Gasteiger partial charge < -0.3 is 14.8 Å². The summed E-state index contributed by atoms with van der Waals surface area (Å²) in [5.74, 6) is -0.0519. The van der Waals surface area contributed by atoms with Gasteiger partial charge in [-0.05, 0) is 38.3 Å². The SMILES string of the molecule is CC1CCCCN1C(=O)CN1CCN(C(=O)c2ccc[nH]c2=O)CC1. The Labute approximate surface area is 147 Å². The number of carbonyl (C=O) groups is 2. The van der Waals surface area contributed by atoms with Crippen LogP contribution < -0.4 is 5.56 Å². The molecule has 2 aliphatic rings. The lowest BCUT2D eigenvalue weighted by Gasteiger charge is -2.38. The summed E-state index contributed by atoms with van der Waals surface area (Å²) in [6, 6.07) is 3.53. The van der Waals surface area contributed by atoms with Gasteiger partial charge in [0.25, 0.3) is 11.5 Å². The average Bonchev–Trinajstić information content (AvgIpc) is 2.62. The minimum atomic E-state index is -0.357. The zero-order chi connectivity index (χ0) is 17.8. The number of amides is 2. The number of H-pyrrole nitrogens is 1. The number of piperidine rings is 1. The van der Waals surface area contributed by atoms with Gasteiger partial charge in [0.05, 0.1) is 6.54 Å². The highest BCUT2D eigenvalue weighted by Gasteiger charge is 2.28. The molecule has 2 aliphatic heterocycles. The molecule has 25 heavy (non-hydrogen) atoms. The van der Waals surface area contributed by atoms with Gasteiger partial charge in [-0.15, -0.1) is 0 Å². The van der Waals surface area contributed by atoms with E-state index in [0.29, 0.717) is 38.8 Å². The summed E-state index contributed by atoms with van der Waals surface area (Å²) in [6.45, 7) is 5.78. The van der Waals surface area contributed by atoms with Crippen molar-refractivity contribution in [3.05, 3.63) is 34.2 Å². The summed E-state index contributed by atoms with van der Waals surface area (Å²) in [4.78, 5) is 45.0. The van der Waals surface area contributed by atoms with E-state index in [4.69, 9.17) is 0 Å². The van der Waals surface area contributed by atoms with E-state index >= 15 is 0 Å². The summed E-state index contributed by atoms with van der Waals surface area (Å²) < 4.78 is 0. The molecule has 0 saturated carbocycles. The van der Waals surface area contributed by atoms with E-state index in [9.17, 15) is 14.4 Å². The number of nitrogens with one attached hydrogen (secondary N) is 1. The number of aromatic nitrogens is 1. The lowest BCUT2D eigenvalue weighted by atomic mass is 10.0. The molecular weight excluding hydrogens is 320 g/mol. The van der Waals surface area contributed by atoms with E-state index in [1.165, 1.54) is 12.6 Å². The monoisotopic (exact) mass is 346 g/mol. The van der Waals surface area contributed by atoms with Crippen LogP contribution in [0.15, 0.2) is 23.1 Å². The van der Waals surface area contributed by atoms with Crippen LogP contribution in [0.4, 0.5) is 0 Å². The predicted octanol–water partition coefficient (Wildman–Crippen LogP) is 0.534. The van der Waals surface area contributed by atoms with Gasteiger partial charge in [0.1, 0.15) is 5.56 Å². The van der Waals surface area contributed by atoms with Crippen LogP contribution in [0.25, 0.3) is 0 Å². The van der Waals surface area contributed by atoms with E-state index in [-0.39, 0.29) is 22.9 Å². The van der Waals surface area contributed by atoms with E-state index in [1.54, 1.807) is 17.0 Å². The molecule has 1 unspecified atom stereocenters. The second kappa shape index (κ2) is 7.82. The summed E-state index contributed by atoms with van der Waals surface area (Å²) in [6.07, 6.45) is 4.89. The Morgan fingerprint density at radius 1 is 1.16 bits per heavy atom. The quantitative estimate of drug-likeness (QED) is 0.866. The standard InChI is InChI=1S/C18H26N4O3/c1-14-5-2-3-8-22(14)16(23)13-20-9-11-21(12-10-20)18(25)15-6-4-7-19-17(15)24/h4,6-7,14H,2-3,5,8-13H2,1H3,(H,19,24). The molecule has 0 radical (unpaired) electrons. The molecule has 3 rings (SSSR count). The highest BCUT2D eigenvalue weighted by Crippen LogP contribution is 2.17. The fourth-order valence-corrected chi connectivity index (χ4v) is 3.62. The number of nitrogens with zero attached hydrogens (tertiary/aromatic N) is 3. The van der Waals surface area contributed by atoms with Crippen molar-refractivity contribution >= 4 is 11.8 Å². The maximum atomic E-state index is 12.5. The first-order valence-electron chi connectivity index (χ1n) is 9.05. The molecule has 0 bridgehead atoms. The molecule has 2 amide bonds. The second-order valence-electron chi connectivity index (χ2n) is 6.91. The normalized spacial score (nSPS) is 22.0. The fraction of sp³-hybridized carbons (Fsp3) is 0.611. The van der Waals surface area contributed by atoms with Crippen LogP contribution in [0.5, 0.6) is 0 Å². The van der Waals surface area contributed by atoms with Gasteiger partial charge in [-0.3, -0.25) is 19.3 Å². The molecule has 7 heteroatoms. The van der Waals surface area contributed by atoms with Crippen molar-refractivity contribution in [1.29, 1.82) is 0 Å². The summed E-state index contributed by atoms with van der Waals surface area (Å²) in [5.41, 5.74) is -0.182. The van der Waals surface area contributed by atoms with Crippen LogP contribution in [0.1, 0.15) is 36.5 Å². The first-order valence-corrected chi connectivity index (χ1v) is 9.05. The van der Waals surface area contributed by atoms with Crippen LogP contribution in [-0.2, 0) is 4.79 Å². The molecule has 0 aromatic carbocycles. The van der Waals surface area contributed by atoms with E-state index in [0.717, 1.165) is 19.4 Å². The third kappa shape index (κ3) is 4.10. The van der Waals surface area contributed by atoms with Crippen molar-refractivity contribution < 1.29 is 9.59 Å². The van der Waals surface area contributed by atoms with Crippen LogP contribution in [0.3, 0.4) is 0 Å². The van der Waals surface area contributed by atoms with Crippen LogP contribution >= 0.6 is 0 Å². The number of rotatable bonds is 3. The number of pyridine rings is 1. The molecule has 1 aromatic heterocycles. The third-order valence-corrected chi connectivity index (χ3v) is 5.19. The molecule has 1 aromatic rings. The van der Waals surface area contributed by atoms with Crippen molar-refractivity contribution in [3.63, 3.8) is 0 Å². The number of aromatic amines is 1. The molecule has 0 aliphatic carbocycles. The summed E-state index contributed by atoms with van der Waals surface area (Å²) >= 11 is 0. The maximum absolute atomic E-state index is 12.5. The Bertz CT molecular complexity index is 679. The number of piperazine rings is 1. The first-order chi connectivity index (χ1) is 12.1. The van der Waals surface area contributed by atoms with Crippen molar-refractivity contribution in [1.82, 2.24) is 19.7 Å². The molecule has 0 spiro atoms. The van der Waals surface area contributed by atoms with Crippen LogP contribution in [0.2, 0.25) is 0 Å². The van der Waals surface area contributed by atoms with Crippen molar-refractivity contribution in [2.75, 3.05) is 39.3 Å². The Hall–Kier alpha value is -2.15. The number of hydrogen-bond donors (Lipinski definition) is 1. The number of likely N-dealkylation sites (tertiary alicyclic amines) is 1. The van der Waals surface area contributed by atoms with E-state index in [1.807, 2.05) is 4.90 Å². The molecule has 2 saturated heterocycles. The van der Waals surface area contributed by atoms with Crippen LogP contribution in [0, 0.1) is 0 Å².